The zero-order valence-corrected chi connectivity index (χ0v) is 11.9. The van der Waals surface area contributed by atoms with Gasteiger partial charge in [0.25, 0.3) is 0 Å². The topological polar surface area (TPSA) is 41.0 Å². The molecule has 0 amide bonds. The van der Waals surface area contributed by atoms with Crippen molar-refractivity contribution in [2.45, 2.75) is 25.8 Å². The van der Waals surface area contributed by atoms with E-state index in [9.17, 15) is 0 Å². The number of benzene rings is 1. The molecular formula is C16H22N4. The largest absolute Gasteiger partial charge is 0.311 e. The molecule has 0 spiro atoms. The molecule has 2 heterocycles. The first kappa shape index (κ1) is 13.5. The number of aromatic nitrogens is 2. The average molecular weight is 270 g/mol. The molecule has 0 aliphatic carbocycles. The maximum Gasteiger partial charge on any atom is 0.0931 e. The normalized spacial score (nSPS) is 16.6. The van der Waals surface area contributed by atoms with Crippen LogP contribution in [0.4, 0.5) is 0 Å². The van der Waals surface area contributed by atoms with Gasteiger partial charge in [0.05, 0.1) is 11.0 Å². The van der Waals surface area contributed by atoms with E-state index in [4.69, 9.17) is 0 Å². The Morgan fingerprint density at radius 3 is 2.80 bits per heavy atom. The summed E-state index contributed by atoms with van der Waals surface area (Å²) in [4.78, 5) is 11.3. The summed E-state index contributed by atoms with van der Waals surface area (Å²) in [7, 11) is 0. The van der Waals surface area contributed by atoms with E-state index in [1.807, 2.05) is 6.07 Å². The Hall–Kier alpha value is -1.52. The van der Waals surface area contributed by atoms with Crippen molar-refractivity contribution in [3.05, 3.63) is 36.2 Å². The summed E-state index contributed by atoms with van der Waals surface area (Å²) in [5.41, 5.74) is 3.22. The highest BCUT2D eigenvalue weighted by molar-refractivity contribution is 5.77. The number of hydrogen-bond acceptors (Lipinski definition) is 4. The van der Waals surface area contributed by atoms with E-state index in [0.717, 1.165) is 30.7 Å². The molecule has 4 heteroatoms. The molecule has 1 aliphatic rings. The van der Waals surface area contributed by atoms with Gasteiger partial charge in [-0.15, -0.1) is 0 Å². The van der Waals surface area contributed by atoms with E-state index in [-0.39, 0.29) is 0 Å². The predicted molar refractivity (Wildman–Crippen MR) is 81.5 cm³/mol. The smallest absolute Gasteiger partial charge is 0.0931 e. The zero-order chi connectivity index (χ0) is 13.6. The third kappa shape index (κ3) is 3.32. The van der Waals surface area contributed by atoms with Crippen LogP contribution < -0.4 is 5.32 Å². The van der Waals surface area contributed by atoms with Gasteiger partial charge in [-0.2, -0.15) is 0 Å². The minimum absolute atomic E-state index is 0.865. The van der Waals surface area contributed by atoms with E-state index in [0.29, 0.717) is 0 Å². The van der Waals surface area contributed by atoms with Crippen LogP contribution in [0.5, 0.6) is 0 Å². The summed E-state index contributed by atoms with van der Waals surface area (Å²) in [5.74, 6) is 0. The maximum absolute atomic E-state index is 4.44. The lowest BCUT2D eigenvalue weighted by Crippen LogP contribution is -2.35. The Morgan fingerprint density at radius 1 is 1.05 bits per heavy atom. The van der Waals surface area contributed by atoms with Crippen molar-refractivity contribution in [1.82, 2.24) is 20.2 Å². The molecule has 1 aliphatic heterocycles. The standard InChI is InChI=1S/C16H22N4/c1-2-10-20(11-3-1)12-9-17-13-14-5-4-6-15-16(14)19-8-7-18-15/h4-8,17H,1-3,9-13H2. The Morgan fingerprint density at radius 2 is 1.90 bits per heavy atom. The summed E-state index contributed by atoms with van der Waals surface area (Å²) in [6, 6.07) is 6.20. The first-order chi connectivity index (χ1) is 9.93. The molecule has 1 aromatic carbocycles. The summed E-state index contributed by atoms with van der Waals surface area (Å²) in [5, 5.41) is 3.53. The molecule has 106 valence electrons. The molecular weight excluding hydrogens is 248 g/mol. The maximum atomic E-state index is 4.44. The fourth-order valence-corrected chi connectivity index (χ4v) is 2.84. The SMILES string of the molecule is c1cc(CNCCN2CCCCC2)c2nccnc2c1. The van der Waals surface area contributed by atoms with E-state index in [1.165, 1.54) is 37.9 Å². The van der Waals surface area contributed by atoms with Crippen LogP contribution in [0.15, 0.2) is 30.6 Å². The monoisotopic (exact) mass is 270 g/mol. The van der Waals surface area contributed by atoms with E-state index < -0.39 is 0 Å². The van der Waals surface area contributed by atoms with Crippen LogP contribution in [-0.4, -0.2) is 41.0 Å². The quantitative estimate of drug-likeness (QED) is 0.846. The van der Waals surface area contributed by atoms with Crippen LogP contribution in [0.1, 0.15) is 24.8 Å². The predicted octanol–water partition coefficient (Wildman–Crippen LogP) is 2.21. The molecule has 4 nitrogen and oxygen atoms in total. The number of piperidine rings is 1. The molecule has 1 N–H and O–H groups in total. The number of nitrogens with zero attached hydrogens (tertiary/aromatic N) is 3. The van der Waals surface area contributed by atoms with Gasteiger partial charge in [-0.05, 0) is 37.6 Å². The molecule has 20 heavy (non-hydrogen) atoms. The third-order valence-electron chi connectivity index (χ3n) is 3.95. The number of likely N-dealkylation sites (tertiary alicyclic amines) is 1. The van der Waals surface area contributed by atoms with Crippen LogP contribution in [0.3, 0.4) is 0 Å². The minimum Gasteiger partial charge on any atom is -0.311 e. The van der Waals surface area contributed by atoms with Crippen LogP contribution in [0, 0.1) is 0 Å². The lowest BCUT2D eigenvalue weighted by Gasteiger charge is -2.26. The average Bonchev–Trinajstić information content (AvgIpc) is 2.53. The fraction of sp³-hybridized carbons (Fsp3) is 0.500. The van der Waals surface area contributed by atoms with Crippen molar-refractivity contribution in [2.24, 2.45) is 0 Å². The van der Waals surface area contributed by atoms with Crippen molar-refractivity contribution in [3.63, 3.8) is 0 Å². The summed E-state index contributed by atoms with van der Waals surface area (Å²) >= 11 is 0. The van der Waals surface area contributed by atoms with Crippen LogP contribution in [0.25, 0.3) is 11.0 Å². The summed E-state index contributed by atoms with van der Waals surface area (Å²) in [6.45, 7) is 5.58. The van der Waals surface area contributed by atoms with Crippen molar-refractivity contribution in [1.29, 1.82) is 0 Å². The number of rotatable bonds is 5. The van der Waals surface area contributed by atoms with E-state index in [2.05, 4.69) is 32.3 Å². The number of nitrogens with one attached hydrogen (secondary N) is 1. The lowest BCUT2D eigenvalue weighted by atomic mass is 10.1. The molecule has 0 unspecified atom stereocenters. The van der Waals surface area contributed by atoms with Crippen LogP contribution in [0.2, 0.25) is 0 Å². The molecule has 1 aromatic heterocycles. The van der Waals surface area contributed by atoms with Gasteiger partial charge in [0.15, 0.2) is 0 Å². The highest BCUT2D eigenvalue weighted by Crippen LogP contribution is 2.13. The van der Waals surface area contributed by atoms with Crippen LogP contribution in [-0.2, 0) is 6.54 Å². The first-order valence-corrected chi connectivity index (χ1v) is 7.55. The highest BCUT2D eigenvalue weighted by Gasteiger charge is 2.09. The van der Waals surface area contributed by atoms with Gasteiger partial charge in [-0.1, -0.05) is 18.6 Å². The van der Waals surface area contributed by atoms with Gasteiger partial charge < -0.3 is 10.2 Å². The summed E-state index contributed by atoms with van der Waals surface area (Å²) in [6.07, 6.45) is 7.63. The number of hydrogen-bond donors (Lipinski definition) is 1. The molecule has 3 rings (SSSR count). The van der Waals surface area contributed by atoms with E-state index >= 15 is 0 Å². The third-order valence-corrected chi connectivity index (χ3v) is 3.95. The molecule has 2 aromatic rings. The van der Waals surface area contributed by atoms with Gasteiger partial charge in [0, 0.05) is 32.0 Å². The molecule has 0 saturated carbocycles. The molecule has 0 radical (unpaired) electrons. The van der Waals surface area contributed by atoms with E-state index in [1.54, 1.807) is 12.4 Å². The van der Waals surface area contributed by atoms with Crippen molar-refractivity contribution < 1.29 is 0 Å². The second kappa shape index (κ2) is 6.77. The van der Waals surface area contributed by atoms with Gasteiger partial charge in [-0.25, -0.2) is 0 Å². The molecule has 0 bridgehead atoms. The Balaban J connectivity index is 1.52. The lowest BCUT2D eigenvalue weighted by molar-refractivity contribution is 0.229. The van der Waals surface area contributed by atoms with Crippen molar-refractivity contribution in [3.8, 4) is 0 Å². The van der Waals surface area contributed by atoms with Gasteiger partial charge >= 0.3 is 0 Å². The van der Waals surface area contributed by atoms with Gasteiger partial charge in [0.1, 0.15) is 0 Å². The summed E-state index contributed by atoms with van der Waals surface area (Å²) < 4.78 is 0. The fourth-order valence-electron chi connectivity index (χ4n) is 2.84. The molecule has 1 saturated heterocycles. The van der Waals surface area contributed by atoms with Crippen LogP contribution >= 0.6 is 0 Å². The van der Waals surface area contributed by atoms with Crippen molar-refractivity contribution in [2.75, 3.05) is 26.2 Å². The molecule has 0 atom stereocenters. The Bertz CT molecular complexity index is 544. The second-order valence-corrected chi connectivity index (χ2v) is 5.42. The highest BCUT2D eigenvalue weighted by atomic mass is 15.1. The number of fused-ring (bicyclic) bond motifs is 1. The van der Waals surface area contributed by atoms with Crippen molar-refractivity contribution >= 4 is 11.0 Å². The minimum atomic E-state index is 0.865. The van der Waals surface area contributed by atoms with Gasteiger partial charge in [-0.3, -0.25) is 9.97 Å². The second-order valence-electron chi connectivity index (χ2n) is 5.42. The number of para-hydroxylation sites is 1. The Labute approximate surface area is 120 Å². The first-order valence-electron chi connectivity index (χ1n) is 7.55. The molecule has 1 fully saturated rings. The zero-order valence-electron chi connectivity index (χ0n) is 11.9. The Kier molecular flexibility index (Phi) is 4.56. The van der Waals surface area contributed by atoms with Gasteiger partial charge in [0.2, 0.25) is 0 Å².